The molecule has 8 aromatic carbocycles. The summed E-state index contributed by atoms with van der Waals surface area (Å²) in [4.78, 5) is 8.52. The van der Waals surface area contributed by atoms with E-state index in [0.717, 1.165) is 12.8 Å². The largest absolute Gasteiger partial charge is 0.334 e. The molecular formula is C78H79BN4S2. The van der Waals surface area contributed by atoms with Crippen LogP contribution in [0.2, 0.25) is 0 Å². The second kappa shape index (κ2) is 17.0. The van der Waals surface area contributed by atoms with E-state index in [9.17, 15) is 0 Å². The third-order valence-electron chi connectivity index (χ3n) is 23.1. The second-order valence-electron chi connectivity index (χ2n) is 30.7. The van der Waals surface area contributed by atoms with Gasteiger partial charge in [-0.1, -0.05) is 181 Å². The Labute approximate surface area is 511 Å². The highest BCUT2D eigenvalue weighted by Gasteiger charge is 2.60. The Kier molecular flexibility index (Phi) is 10.5. The number of hydrogen-bond donors (Lipinski definition) is 0. The van der Waals surface area contributed by atoms with Crippen LogP contribution >= 0.6 is 22.7 Å². The Morgan fingerprint density at radius 1 is 0.412 bits per heavy atom. The maximum atomic E-state index is 2.88. The van der Waals surface area contributed by atoms with Crippen LogP contribution in [0, 0.1) is 0 Å². The minimum atomic E-state index is -0.165. The van der Waals surface area contributed by atoms with Gasteiger partial charge in [0.2, 0.25) is 0 Å². The van der Waals surface area contributed by atoms with Crippen LogP contribution < -0.4 is 31.1 Å². The topological polar surface area (TPSA) is 14.7 Å². The molecule has 85 heavy (non-hydrogen) atoms. The van der Waals surface area contributed by atoms with Crippen LogP contribution in [0.1, 0.15) is 169 Å². The summed E-state index contributed by atoms with van der Waals surface area (Å²) in [5.74, 6) is 0. The molecule has 0 N–H and O–H groups in total. The van der Waals surface area contributed by atoms with Crippen LogP contribution in [-0.4, -0.2) is 22.4 Å². The quantitative estimate of drug-likeness (QED) is 0.164. The molecule has 0 amide bonds. The van der Waals surface area contributed by atoms with Gasteiger partial charge in [-0.15, -0.1) is 22.7 Å². The zero-order valence-electron chi connectivity index (χ0n) is 52.2. The summed E-state index contributed by atoms with van der Waals surface area (Å²) in [6.45, 7) is 32.0. The first-order chi connectivity index (χ1) is 40.5. The summed E-state index contributed by atoms with van der Waals surface area (Å²) >= 11 is 3.92. The summed E-state index contributed by atoms with van der Waals surface area (Å²) in [6.07, 6.45) is 9.60. The van der Waals surface area contributed by atoms with Gasteiger partial charge in [0.25, 0.3) is 6.71 Å². The summed E-state index contributed by atoms with van der Waals surface area (Å²) in [5, 5.41) is 5.37. The summed E-state index contributed by atoms with van der Waals surface area (Å²) in [5.41, 5.74) is 24.3. The summed E-state index contributed by atoms with van der Waals surface area (Å²) in [6, 6.07) is 59.2. The maximum Gasteiger partial charge on any atom is 0.252 e. The van der Waals surface area contributed by atoms with Gasteiger partial charge in [-0.25, -0.2) is 0 Å². The van der Waals surface area contributed by atoms with Crippen molar-refractivity contribution in [3.05, 3.63) is 173 Å². The van der Waals surface area contributed by atoms with Crippen molar-refractivity contribution in [3.8, 4) is 5.69 Å². The monoisotopic (exact) mass is 1150 g/mol. The minimum absolute atomic E-state index is 0.0107. The van der Waals surface area contributed by atoms with Crippen LogP contribution in [0.3, 0.4) is 0 Å². The Hall–Kier alpha value is -6.80. The van der Waals surface area contributed by atoms with E-state index in [-0.39, 0.29) is 44.9 Å². The lowest BCUT2D eigenvalue weighted by Gasteiger charge is -2.51. The molecule has 4 nitrogen and oxygen atoms in total. The smallest absolute Gasteiger partial charge is 0.252 e. The van der Waals surface area contributed by atoms with Crippen LogP contribution in [-0.2, 0) is 27.1 Å². The molecule has 3 aromatic heterocycles. The molecule has 3 unspecified atom stereocenters. The van der Waals surface area contributed by atoms with Crippen LogP contribution in [0.25, 0.3) is 57.1 Å². The molecule has 0 radical (unpaired) electrons. The van der Waals surface area contributed by atoms with E-state index >= 15 is 0 Å². The number of aromatic nitrogens is 1. The molecule has 11 aromatic rings. The molecule has 0 bridgehead atoms. The summed E-state index contributed by atoms with van der Waals surface area (Å²) in [7, 11) is 0. The molecule has 7 heteroatoms. The summed E-state index contributed by atoms with van der Waals surface area (Å²) < 4.78 is 8.17. The zero-order chi connectivity index (χ0) is 58.4. The number of anilines is 7. The molecule has 2 aliphatic carbocycles. The van der Waals surface area contributed by atoms with E-state index < -0.39 is 0 Å². The lowest BCUT2D eigenvalue weighted by Crippen LogP contribution is -2.61. The van der Waals surface area contributed by atoms with Gasteiger partial charge in [0, 0.05) is 86.3 Å². The van der Waals surface area contributed by atoms with Gasteiger partial charge in [-0.05, 0) is 167 Å². The highest BCUT2D eigenvalue weighted by atomic mass is 32.1. The van der Waals surface area contributed by atoms with E-state index in [0.29, 0.717) is 0 Å². The van der Waals surface area contributed by atoms with Gasteiger partial charge >= 0.3 is 0 Å². The van der Waals surface area contributed by atoms with E-state index in [2.05, 4.69) is 255 Å². The van der Waals surface area contributed by atoms with Gasteiger partial charge in [0.05, 0.1) is 32.5 Å². The number of fused-ring (bicyclic) bond motifs is 18. The SMILES string of the molecule is CC(C)(C)c1ccc2c(c1)C1(C)CCCCC1(C)N2c1cc2c3c(c1)-n1c4c(cc(C(C)(C)C)cc4c4sc5ccccc5c41)B3c1ccc(N3c4ccc(C(C)(C)C)cc4C4(C)CCCC[C@@]34C)cc1N2c1cccc2sc3ccccc3c12. The molecule has 0 spiro atoms. The number of thiophene rings is 2. The molecule has 0 saturated heterocycles. The number of hydrogen-bond acceptors (Lipinski definition) is 5. The first kappa shape index (κ1) is 52.5. The van der Waals surface area contributed by atoms with Crippen molar-refractivity contribution in [1.29, 1.82) is 0 Å². The van der Waals surface area contributed by atoms with Crippen molar-refractivity contribution < 1.29 is 0 Å². The third-order valence-corrected chi connectivity index (χ3v) is 25.4. The maximum absolute atomic E-state index is 2.88. The Balaban J connectivity index is 1.03. The van der Waals surface area contributed by atoms with Crippen molar-refractivity contribution in [3.63, 3.8) is 0 Å². The molecule has 17 rings (SSSR count). The Morgan fingerprint density at radius 2 is 0.965 bits per heavy atom. The number of nitrogens with zero attached hydrogens (tertiary/aromatic N) is 4. The normalized spacial score (nSPS) is 23.3. The average Bonchev–Trinajstić information content (AvgIpc) is 1.64. The molecule has 4 atom stereocenters. The molecule has 7 heterocycles. The molecule has 426 valence electrons. The second-order valence-corrected chi connectivity index (χ2v) is 32.9. The highest BCUT2D eigenvalue weighted by molar-refractivity contribution is 7.27. The standard InChI is InChI=1S/C78H79BN4S2/c1-72(2,3)46-29-33-58-54(40-46)75(10)35-18-20-37-77(75,12)82(58)49-31-32-56-61(43-49)80(60-25-22-28-66-67(60)51-23-14-16-26-64(51)84-66)62-44-50(83-59-34-30-47(73(4,5)6)41-55(59)76(11)36-19-21-38-78(76,83)13)45-63-68(62)79(56)57-42-48(74(7,8)9)39-53-69(57)81(63)70-52-24-15-17-27-65(52)85-71(53)70/h14-17,22-34,39-45H,18-21,35-38H2,1-13H3/t75?,76?,77-,78?/m1/s1. The predicted molar refractivity (Wildman–Crippen MR) is 370 cm³/mol. The van der Waals surface area contributed by atoms with Crippen LogP contribution in [0.15, 0.2) is 146 Å². The van der Waals surface area contributed by atoms with Crippen molar-refractivity contribution >= 4 is 137 Å². The van der Waals surface area contributed by atoms with E-state index in [4.69, 9.17) is 0 Å². The molecule has 6 aliphatic rings. The van der Waals surface area contributed by atoms with Crippen molar-refractivity contribution in [2.24, 2.45) is 0 Å². The first-order valence-corrected chi connectivity index (χ1v) is 33.6. The number of benzene rings is 8. The average molecular weight is 1150 g/mol. The molecular weight excluding hydrogens is 1070 g/mol. The van der Waals surface area contributed by atoms with E-state index in [1.54, 1.807) is 0 Å². The molecule has 2 saturated carbocycles. The Morgan fingerprint density at radius 3 is 1.60 bits per heavy atom. The van der Waals surface area contributed by atoms with E-state index in [1.165, 1.54) is 180 Å². The lowest BCUT2D eigenvalue weighted by atomic mass is 9.33. The molecule has 4 aliphatic heterocycles. The van der Waals surface area contributed by atoms with Crippen molar-refractivity contribution in [1.82, 2.24) is 4.57 Å². The third kappa shape index (κ3) is 6.76. The van der Waals surface area contributed by atoms with Gasteiger partial charge in [0.1, 0.15) is 0 Å². The van der Waals surface area contributed by atoms with Gasteiger partial charge in [-0.3, -0.25) is 0 Å². The van der Waals surface area contributed by atoms with Crippen LogP contribution in [0.5, 0.6) is 0 Å². The number of rotatable bonds is 3. The fourth-order valence-electron chi connectivity index (χ4n) is 18.1. The van der Waals surface area contributed by atoms with Gasteiger partial charge in [-0.2, -0.15) is 0 Å². The predicted octanol–water partition coefficient (Wildman–Crippen LogP) is 20.4. The first-order valence-electron chi connectivity index (χ1n) is 32.0. The van der Waals surface area contributed by atoms with Gasteiger partial charge < -0.3 is 19.3 Å². The fraction of sp³-hybridized carbons (Fsp3) is 0.359. The lowest BCUT2D eigenvalue weighted by molar-refractivity contribution is 0.195. The van der Waals surface area contributed by atoms with Gasteiger partial charge in [0.15, 0.2) is 0 Å². The van der Waals surface area contributed by atoms with Crippen molar-refractivity contribution in [2.75, 3.05) is 14.7 Å². The minimum Gasteiger partial charge on any atom is -0.334 e. The van der Waals surface area contributed by atoms with Crippen molar-refractivity contribution in [2.45, 2.75) is 180 Å². The zero-order valence-corrected chi connectivity index (χ0v) is 53.8. The Bertz CT molecular complexity index is 4740. The van der Waals surface area contributed by atoms with Crippen LogP contribution in [0.4, 0.5) is 39.8 Å². The fourth-order valence-corrected chi connectivity index (χ4v) is 20.4. The van der Waals surface area contributed by atoms with E-state index in [1.807, 2.05) is 22.7 Å². The highest BCUT2D eigenvalue weighted by Crippen LogP contribution is 2.64. The molecule has 2 fully saturated rings.